The molecular weight excluding hydrogens is 346 g/mol. The molecule has 0 aliphatic carbocycles. The number of hydrogen-bond donors (Lipinski definition) is 1. The number of non-ortho nitro benzene ring substituents is 1. The standard InChI is InChI=1S/C16H17N3O5S/c1-18(2)25(23,24)15-5-3-4-13(11-15)17-16(20)10-12-6-8-14(9-7-12)19(21)22/h3-9,11H,10H2,1-2H3,(H,17,20). The molecule has 0 aromatic heterocycles. The molecule has 0 fully saturated rings. The van der Waals surface area contributed by atoms with Crippen molar-refractivity contribution < 1.29 is 18.1 Å². The number of carbonyl (C=O) groups excluding carboxylic acids is 1. The van der Waals surface area contributed by atoms with Gasteiger partial charge in [-0.15, -0.1) is 0 Å². The highest BCUT2D eigenvalue weighted by Gasteiger charge is 2.17. The Morgan fingerprint density at radius 1 is 1.16 bits per heavy atom. The zero-order valence-corrected chi connectivity index (χ0v) is 14.5. The summed E-state index contributed by atoms with van der Waals surface area (Å²) in [6.07, 6.45) is 0.0165. The van der Waals surface area contributed by atoms with Crippen LogP contribution in [0.25, 0.3) is 0 Å². The predicted octanol–water partition coefficient (Wildman–Crippen LogP) is 2.03. The van der Waals surface area contributed by atoms with Crippen molar-refractivity contribution in [3.8, 4) is 0 Å². The average molecular weight is 363 g/mol. The second-order valence-corrected chi connectivity index (χ2v) is 7.62. The van der Waals surface area contributed by atoms with Crippen molar-refractivity contribution in [2.45, 2.75) is 11.3 Å². The molecule has 8 nitrogen and oxygen atoms in total. The summed E-state index contributed by atoms with van der Waals surface area (Å²) in [7, 11) is -0.737. The maximum Gasteiger partial charge on any atom is 0.269 e. The minimum absolute atomic E-state index is 0.0165. The van der Waals surface area contributed by atoms with E-state index in [9.17, 15) is 23.3 Å². The van der Waals surface area contributed by atoms with E-state index < -0.39 is 14.9 Å². The number of sulfonamides is 1. The maximum atomic E-state index is 12.1. The van der Waals surface area contributed by atoms with Crippen molar-refractivity contribution in [2.24, 2.45) is 0 Å². The molecular formula is C16H17N3O5S. The molecule has 0 aliphatic rings. The molecule has 9 heteroatoms. The first kappa shape index (κ1) is 18.6. The Bertz CT molecular complexity index is 892. The number of hydrogen-bond acceptors (Lipinski definition) is 5. The van der Waals surface area contributed by atoms with Gasteiger partial charge in [0.25, 0.3) is 5.69 Å². The van der Waals surface area contributed by atoms with E-state index in [0.29, 0.717) is 11.3 Å². The van der Waals surface area contributed by atoms with Gasteiger partial charge in [0.15, 0.2) is 0 Å². The van der Waals surface area contributed by atoms with Crippen LogP contribution in [0, 0.1) is 10.1 Å². The fraction of sp³-hybridized carbons (Fsp3) is 0.188. The van der Waals surface area contributed by atoms with Crippen LogP contribution >= 0.6 is 0 Å². The number of carbonyl (C=O) groups is 1. The lowest BCUT2D eigenvalue weighted by Gasteiger charge is -2.12. The number of anilines is 1. The lowest BCUT2D eigenvalue weighted by molar-refractivity contribution is -0.384. The smallest absolute Gasteiger partial charge is 0.269 e. The van der Waals surface area contributed by atoms with Gasteiger partial charge in [-0.1, -0.05) is 18.2 Å². The van der Waals surface area contributed by atoms with Crippen LogP contribution in [0.2, 0.25) is 0 Å². The topological polar surface area (TPSA) is 110 Å². The third-order valence-corrected chi connectivity index (χ3v) is 5.22. The van der Waals surface area contributed by atoms with Gasteiger partial charge in [-0.25, -0.2) is 12.7 Å². The Balaban J connectivity index is 2.09. The van der Waals surface area contributed by atoms with E-state index in [0.717, 1.165) is 4.31 Å². The number of rotatable bonds is 6. The molecule has 0 bridgehead atoms. The number of nitrogens with zero attached hydrogens (tertiary/aromatic N) is 2. The molecule has 0 atom stereocenters. The van der Waals surface area contributed by atoms with Crippen molar-refractivity contribution in [1.29, 1.82) is 0 Å². The van der Waals surface area contributed by atoms with Crippen LogP contribution in [0.4, 0.5) is 11.4 Å². The van der Waals surface area contributed by atoms with E-state index in [4.69, 9.17) is 0 Å². The highest BCUT2D eigenvalue weighted by atomic mass is 32.2. The van der Waals surface area contributed by atoms with E-state index >= 15 is 0 Å². The van der Waals surface area contributed by atoms with Crippen molar-refractivity contribution in [3.63, 3.8) is 0 Å². The van der Waals surface area contributed by atoms with Crippen LogP contribution in [-0.4, -0.2) is 37.6 Å². The first-order valence-corrected chi connectivity index (χ1v) is 8.70. The van der Waals surface area contributed by atoms with Crippen LogP contribution in [0.1, 0.15) is 5.56 Å². The van der Waals surface area contributed by atoms with Gasteiger partial charge in [0.2, 0.25) is 15.9 Å². The van der Waals surface area contributed by atoms with Crippen LogP contribution in [0.3, 0.4) is 0 Å². The van der Waals surface area contributed by atoms with Crippen LogP contribution in [0.5, 0.6) is 0 Å². The van der Waals surface area contributed by atoms with E-state index in [1.54, 1.807) is 6.07 Å². The number of nitro groups is 1. The summed E-state index contributed by atoms with van der Waals surface area (Å²) in [5.74, 6) is -0.353. The predicted molar refractivity (Wildman–Crippen MR) is 92.7 cm³/mol. The Labute approximate surface area is 145 Å². The third kappa shape index (κ3) is 4.61. The Kier molecular flexibility index (Phi) is 5.50. The number of benzene rings is 2. The molecule has 132 valence electrons. The first-order valence-electron chi connectivity index (χ1n) is 7.26. The van der Waals surface area contributed by atoms with Crippen molar-refractivity contribution in [2.75, 3.05) is 19.4 Å². The second kappa shape index (κ2) is 7.41. The zero-order valence-electron chi connectivity index (χ0n) is 13.7. The first-order chi connectivity index (χ1) is 11.7. The lowest BCUT2D eigenvalue weighted by atomic mass is 10.1. The third-order valence-electron chi connectivity index (χ3n) is 3.41. The Morgan fingerprint density at radius 2 is 1.80 bits per heavy atom. The molecule has 2 rings (SSSR count). The van der Waals surface area contributed by atoms with Crippen molar-refractivity contribution >= 4 is 27.3 Å². The summed E-state index contributed by atoms with van der Waals surface area (Å²) >= 11 is 0. The Morgan fingerprint density at radius 3 is 2.36 bits per heavy atom. The molecule has 2 aromatic carbocycles. The average Bonchev–Trinajstić information content (AvgIpc) is 2.55. The molecule has 0 radical (unpaired) electrons. The minimum Gasteiger partial charge on any atom is -0.326 e. The summed E-state index contributed by atoms with van der Waals surface area (Å²) in [6, 6.07) is 11.6. The molecule has 1 amide bonds. The highest BCUT2D eigenvalue weighted by molar-refractivity contribution is 7.89. The van der Waals surface area contributed by atoms with E-state index in [1.165, 1.54) is 56.6 Å². The summed E-state index contributed by atoms with van der Waals surface area (Å²) in [6.45, 7) is 0. The summed E-state index contributed by atoms with van der Waals surface area (Å²) < 4.78 is 25.3. The fourth-order valence-corrected chi connectivity index (χ4v) is 3.02. The van der Waals surface area contributed by atoms with Crippen molar-refractivity contribution in [3.05, 3.63) is 64.2 Å². The van der Waals surface area contributed by atoms with Gasteiger partial charge in [0, 0.05) is 31.9 Å². The SMILES string of the molecule is CN(C)S(=O)(=O)c1cccc(NC(=O)Cc2ccc([N+](=O)[O-])cc2)c1. The molecule has 1 N–H and O–H groups in total. The van der Waals surface area contributed by atoms with Crippen LogP contribution < -0.4 is 5.32 Å². The summed E-state index contributed by atoms with van der Waals surface area (Å²) in [5, 5.41) is 13.2. The summed E-state index contributed by atoms with van der Waals surface area (Å²) in [5.41, 5.74) is 0.917. The maximum absolute atomic E-state index is 12.1. The number of nitrogens with one attached hydrogen (secondary N) is 1. The van der Waals surface area contributed by atoms with Gasteiger partial charge in [0.05, 0.1) is 16.2 Å². The number of amides is 1. The van der Waals surface area contributed by atoms with E-state index in [-0.39, 0.29) is 22.9 Å². The molecule has 0 saturated carbocycles. The van der Waals surface area contributed by atoms with Gasteiger partial charge in [0.1, 0.15) is 0 Å². The van der Waals surface area contributed by atoms with Crippen LogP contribution in [-0.2, 0) is 21.2 Å². The monoisotopic (exact) mass is 363 g/mol. The van der Waals surface area contributed by atoms with Gasteiger partial charge < -0.3 is 5.32 Å². The highest BCUT2D eigenvalue weighted by Crippen LogP contribution is 2.18. The minimum atomic E-state index is -3.59. The van der Waals surface area contributed by atoms with Crippen molar-refractivity contribution in [1.82, 2.24) is 4.31 Å². The second-order valence-electron chi connectivity index (χ2n) is 5.46. The molecule has 0 heterocycles. The largest absolute Gasteiger partial charge is 0.326 e. The van der Waals surface area contributed by atoms with Gasteiger partial charge in [-0.2, -0.15) is 0 Å². The molecule has 0 saturated heterocycles. The Hall–Kier alpha value is -2.78. The zero-order chi connectivity index (χ0) is 18.6. The number of nitro benzene ring substituents is 1. The quantitative estimate of drug-likeness (QED) is 0.624. The summed E-state index contributed by atoms with van der Waals surface area (Å²) in [4.78, 5) is 22.3. The molecule has 2 aromatic rings. The molecule has 25 heavy (non-hydrogen) atoms. The van der Waals surface area contributed by atoms with Gasteiger partial charge >= 0.3 is 0 Å². The lowest BCUT2D eigenvalue weighted by Crippen LogP contribution is -2.22. The normalized spacial score (nSPS) is 11.3. The van der Waals surface area contributed by atoms with E-state index in [1.807, 2.05) is 0 Å². The molecule has 0 unspecified atom stereocenters. The van der Waals surface area contributed by atoms with Gasteiger partial charge in [-0.3, -0.25) is 14.9 Å². The molecule has 0 aliphatic heterocycles. The van der Waals surface area contributed by atoms with Gasteiger partial charge in [-0.05, 0) is 23.8 Å². The molecule has 0 spiro atoms. The fourth-order valence-electron chi connectivity index (χ4n) is 2.07. The van der Waals surface area contributed by atoms with Crippen LogP contribution in [0.15, 0.2) is 53.4 Å². The van der Waals surface area contributed by atoms with E-state index in [2.05, 4.69) is 5.32 Å².